The minimum atomic E-state index is -0.132. The van der Waals surface area contributed by atoms with Gasteiger partial charge in [-0.1, -0.05) is 6.92 Å². The van der Waals surface area contributed by atoms with Gasteiger partial charge in [-0.15, -0.1) is 0 Å². The van der Waals surface area contributed by atoms with Crippen LogP contribution < -0.4 is 9.80 Å². The molecular weight excluding hydrogens is 294 g/mol. The van der Waals surface area contributed by atoms with E-state index in [1.165, 1.54) is 9.80 Å². The molecule has 0 bridgehead atoms. The predicted octanol–water partition coefficient (Wildman–Crippen LogP) is -1.43. The Morgan fingerprint density at radius 2 is 2.17 bits per heavy atom. The lowest BCUT2D eigenvalue weighted by Gasteiger charge is -2.51. The molecular formula is C17H31N3O3+2. The number of nitriles is 1. The first-order valence-electron chi connectivity index (χ1n) is 8.82. The second kappa shape index (κ2) is 7.61. The number of piperazine rings is 1. The summed E-state index contributed by atoms with van der Waals surface area (Å²) in [5.74, 6) is -0.115. The van der Waals surface area contributed by atoms with Gasteiger partial charge in [-0.2, -0.15) is 5.26 Å². The van der Waals surface area contributed by atoms with Gasteiger partial charge in [-0.25, -0.2) is 4.79 Å². The first-order valence-corrected chi connectivity index (χ1v) is 8.82. The molecule has 2 saturated heterocycles. The van der Waals surface area contributed by atoms with Crippen molar-refractivity contribution in [3.8, 4) is 6.07 Å². The standard InChI is InChI=1S/C17H29N3O3/c1-4-16(3)13-17(6-11-23-16)14-19(8-7-18)9-10-20(17)12-15(21)22-5-2/h4-6,8-14H2,1-3H3/p+2/t16-,17+/m0/s1. The van der Waals surface area contributed by atoms with Gasteiger partial charge in [0.25, 0.3) is 0 Å². The van der Waals surface area contributed by atoms with Crippen LogP contribution in [0.15, 0.2) is 0 Å². The largest absolute Gasteiger partial charge is 0.462 e. The highest BCUT2D eigenvalue weighted by Crippen LogP contribution is 2.32. The lowest BCUT2D eigenvalue weighted by Crippen LogP contribution is -3.34. The summed E-state index contributed by atoms with van der Waals surface area (Å²) in [6.07, 6.45) is 2.86. The van der Waals surface area contributed by atoms with Crippen LogP contribution in [0.4, 0.5) is 0 Å². The maximum absolute atomic E-state index is 12.0. The summed E-state index contributed by atoms with van der Waals surface area (Å²) >= 11 is 0. The van der Waals surface area contributed by atoms with Gasteiger partial charge in [0.1, 0.15) is 25.7 Å². The SMILES string of the molecule is CCOC(=O)C[NH+]1CC[NH+](CC#N)C[C@]12CCO[C@@](C)(CC)C2. The van der Waals surface area contributed by atoms with E-state index in [4.69, 9.17) is 14.7 Å². The first-order chi connectivity index (χ1) is 11.0. The third-order valence-electron chi connectivity index (χ3n) is 5.60. The molecule has 0 aromatic carbocycles. The third-order valence-corrected chi connectivity index (χ3v) is 5.60. The van der Waals surface area contributed by atoms with Crippen molar-refractivity contribution in [1.82, 2.24) is 0 Å². The van der Waals surface area contributed by atoms with Crippen LogP contribution in [-0.4, -0.2) is 63.0 Å². The van der Waals surface area contributed by atoms with Gasteiger partial charge in [-0.3, -0.25) is 0 Å². The van der Waals surface area contributed by atoms with Gasteiger partial charge in [0.2, 0.25) is 0 Å². The summed E-state index contributed by atoms with van der Waals surface area (Å²) < 4.78 is 11.2. The molecule has 23 heavy (non-hydrogen) atoms. The van der Waals surface area contributed by atoms with E-state index in [0.29, 0.717) is 19.7 Å². The van der Waals surface area contributed by atoms with Gasteiger partial charge < -0.3 is 19.3 Å². The molecule has 0 aliphatic carbocycles. The Kier molecular flexibility index (Phi) is 6.01. The first kappa shape index (κ1) is 18.2. The van der Waals surface area contributed by atoms with Crippen molar-refractivity contribution in [2.45, 2.75) is 51.2 Å². The lowest BCUT2D eigenvalue weighted by molar-refractivity contribution is -1.05. The molecule has 6 nitrogen and oxygen atoms in total. The zero-order valence-corrected chi connectivity index (χ0v) is 14.7. The summed E-state index contributed by atoms with van der Waals surface area (Å²) in [5, 5.41) is 9.06. The number of nitrogens with one attached hydrogen (secondary N) is 2. The predicted molar refractivity (Wildman–Crippen MR) is 85.1 cm³/mol. The molecule has 2 fully saturated rings. The maximum atomic E-state index is 12.0. The van der Waals surface area contributed by atoms with Crippen LogP contribution in [0, 0.1) is 11.3 Å². The Labute approximate surface area is 139 Å². The number of rotatable bonds is 5. The van der Waals surface area contributed by atoms with Crippen LogP contribution in [0.3, 0.4) is 0 Å². The number of carbonyl (C=O) groups is 1. The quantitative estimate of drug-likeness (QED) is 0.481. The van der Waals surface area contributed by atoms with Crippen molar-refractivity contribution < 1.29 is 24.1 Å². The average Bonchev–Trinajstić information content (AvgIpc) is 2.51. The Morgan fingerprint density at radius 3 is 2.83 bits per heavy atom. The minimum absolute atomic E-state index is 0.0141. The minimum Gasteiger partial charge on any atom is -0.462 e. The molecule has 2 heterocycles. The lowest BCUT2D eigenvalue weighted by atomic mass is 9.76. The summed E-state index contributed by atoms with van der Waals surface area (Å²) in [4.78, 5) is 14.7. The van der Waals surface area contributed by atoms with E-state index in [-0.39, 0.29) is 17.1 Å². The summed E-state index contributed by atoms with van der Waals surface area (Å²) in [6, 6.07) is 2.30. The fraction of sp³-hybridized carbons (Fsp3) is 0.882. The zero-order valence-electron chi connectivity index (χ0n) is 14.7. The van der Waals surface area contributed by atoms with Crippen molar-refractivity contribution in [3.05, 3.63) is 0 Å². The normalized spacial score (nSPS) is 37.3. The van der Waals surface area contributed by atoms with Crippen molar-refractivity contribution >= 4 is 5.97 Å². The molecule has 4 atom stereocenters. The van der Waals surface area contributed by atoms with E-state index in [2.05, 4.69) is 19.9 Å². The number of esters is 1. The topological polar surface area (TPSA) is 68.2 Å². The molecule has 0 radical (unpaired) electrons. The molecule has 0 aromatic heterocycles. The van der Waals surface area contributed by atoms with Crippen molar-refractivity contribution in [2.24, 2.45) is 0 Å². The molecule has 2 N–H and O–H groups in total. The molecule has 0 saturated carbocycles. The molecule has 130 valence electrons. The summed E-state index contributed by atoms with van der Waals surface area (Å²) in [5.41, 5.74) is -0.118. The molecule has 2 aliphatic heterocycles. The molecule has 1 spiro atoms. The van der Waals surface area contributed by atoms with Crippen LogP contribution in [-0.2, 0) is 14.3 Å². The van der Waals surface area contributed by atoms with Gasteiger partial charge in [0, 0.05) is 12.8 Å². The van der Waals surface area contributed by atoms with Crippen LogP contribution in [0.25, 0.3) is 0 Å². The van der Waals surface area contributed by atoms with Crippen molar-refractivity contribution in [2.75, 3.05) is 45.9 Å². The third kappa shape index (κ3) is 4.23. The number of nitrogens with zero attached hydrogens (tertiary/aromatic N) is 1. The number of ether oxygens (including phenoxy) is 2. The molecule has 2 aliphatic rings. The number of hydrogen-bond acceptors (Lipinski definition) is 4. The Hall–Kier alpha value is -1.16. The molecule has 0 amide bonds. The maximum Gasteiger partial charge on any atom is 0.361 e. The van der Waals surface area contributed by atoms with Crippen molar-refractivity contribution in [3.63, 3.8) is 0 Å². The van der Waals surface area contributed by atoms with Crippen LogP contribution >= 0.6 is 0 Å². The highest BCUT2D eigenvalue weighted by atomic mass is 16.5. The van der Waals surface area contributed by atoms with Gasteiger partial charge in [0.05, 0.1) is 18.8 Å². The van der Waals surface area contributed by atoms with E-state index in [9.17, 15) is 4.79 Å². The Morgan fingerprint density at radius 1 is 1.39 bits per heavy atom. The summed E-state index contributed by atoms with van der Waals surface area (Å²) in [7, 11) is 0. The van der Waals surface area contributed by atoms with Crippen molar-refractivity contribution in [1.29, 1.82) is 5.26 Å². The smallest absolute Gasteiger partial charge is 0.361 e. The number of hydrogen-bond donors (Lipinski definition) is 2. The number of carbonyl (C=O) groups excluding carboxylic acids is 1. The van der Waals surface area contributed by atoms with E-state index < -0.39 is 0 Å². The van der Waals surface area contributed by atoms with E-state index in [1.807, 2.05) is 6.92 Å². The highest BCUT2D eigenvalue weighted by Gasteiger charge is 2.54. The fourth-order valence-corrected chi connectivity index (χ4v) is 4.24. The number of quaternary nitrogens is 2. The molecule has 6 heteroatoms. The van der Waals surface area contributed by atoms with E-state index in [1.54, 1.807) is 0 Å². The molecule has 0 aromatic rings. The van der Waals surface area contributed by atoms with E-state index >= 15 is 0 Å². The van der Waals surface area contributed by atoms with Gasteiger partial charge in [-0.05, 0) is 20.3 Å². The Balaban J connectivity index is 2.19. The second-order valence-electron chi connectivity index (χ2n) is 7.21. The average molecular weight is 325 g/mol. The molecule has 2 rings (SSSR count). The highest BCUT2D eigenvalue weighted by molar-refractivity contribution is 5.70. The van der Waals surface area contributed by atoms with Gasteiger partial charge >= 0.3 is 5.97 Å². The van der Waals surface area contributed by atoms with Crippen LogP contribution in [0.1, 0.15) is 40.0 Å². The monoisotopic (exact) mass is 325 g/mol. The van der Waals surface area contributed by atoms with Gasteiger partial charge in [0.15, 0.2) is 18.6 Å². The van der Waals surface area contributed by atoms with E-state index in [0.717, 1.165) is 45.5 Å². The Bertz CT molecular complexity index is 464. The van der Waals surface area contributed by atoms with Crippen LogP contribution in [0.2, 0.25) is 0 Å². The molecule has 2 unspecified atom stereocenters. The zero-order chi connectivity index (χ0) is 16.9. The van der Waals surface area contributed by atoms with Crippen LogP contribution in [0.5, 0.6) is 0 Å². The summed E-state index contributed by atoms with van der Waals surface area (Å²) in [6.45, 7) is 11.1. The fourth-order valence-electron chi connectivity index (χ4n) is 4.24. The second-order valence-corrected chi connectivity index (χ2v) is 7.21.